The van der Waals surface area contributed by atoms with Gasteiger partial charge in [-0.3, -0.25) is 4.99 Å². The molecule has 0 N–H and O–H groups in total. The van der Waals surface area contributed by atoms with Gasteiger partial charge in [-0.1, -0.05) is 61.7 Å². The molecule has 0 radical (unpaired) electrons. The lowest BCUT2D eigenvalue weighted by Crippen LogP contribution is -2.04. The van der Waals surface area contributed by atoms with E-state index in [0.29, 0.717) is 0 Å². The third kappa shape index (κ3) is 3.36. The van der Waals surface area contributed by atoms with Gasteiger partial charge in [0.1, 0.15) is 0 Å². The Labute approximate surface area is 121 Å². The molecular weight excluding hydrogens is 242 g/mol. The Hall–Kier alpha value is -1.89. The molecule has 1 aliphatic carbocycles. The molecule has 1 aliphatic rings. The number of hydrogen-bond donors (Lipinski definition) is 0. The second kappa shape index (κ2) is 6.51. The van der Waals surface area contributed by atoms with Gasteiger partial charge < -0.3 is 0 Å². The van der Waals surface area contributed by atoms with Crippen molar-refractivity contribution in [2.24, 2.45) is 4.99 Å². The van der Waals surface area contributed by atoms with E-state index < -0.39 is 0 Å². The van der Waals surface area contributed by atoms with Crippen LogP contribution in [0.3, 0.4) is 0 Å². The zero-order chi connectivity index (χ0) is 13.6. The normalized spacial score (nSPS) is 16.6. The first-order chi connectivity index (χ1) is 9.92. The SMILES string of the molecule is C(=Nc1ccccc1)c1ccc(C2CCCCC2)cc1. The topological polar surface area (TPSA) is 12.4 Å². The minimum atomic E-state index is 0.781. The maximum Gasteiger partial charge on any atom is 0.0629 e. The molecule has 0 heterocycles. The van der Waals surface area contributed by atoms with Gasteiger partial charge in [0.25, 0.3) is 0 Å². The maximum atomic E-state index is 4.49. The third-order valence-electron chi connectivity index (χ3n) is 4.13. The third-order valence-corrected chi connectivity index (χ3v) is 4.13. The van der Waals surface area contributed by atoms with Crippen LogP contribution in [0.1, 0.15) is 49.1 Å². The first-order valence-corrected chi connectivity index (χ1v) is 7.61. The van der Waals surface area contributed by atoms with Gasteiger partial charge in [-0.25, -0.2) is 0 Å². The van der Waals surface area contributed by atoms with Gasteiger partial charge in [0, 0.05) is 6.21 Å². The van der Waals surface area contributed by atoms with Crippen molar-refractivity contribution in [1.29, 1.82) is 0 Å². The van der Waals surface area contributed by atoms with E-state index in [1.54, 1.807) is 0 Å². The van der Waals surface area contributed by atoms with Crippen molar-refractivity contribution in [3.63, 3.8) is 0 Å². The fourth-order valence-corrected chi connectivity index (χ4v) is 2.95. The van der Waals surface area contributed by atoms with Crippen LogP contribution in [0.15, 0.2) is 59.6 Å². The molecule has 1 heteroatoms. The summed E-state index contributed by atoms with van der Waals surface area (Å²) in [5, 5.41) is 0. The Balaban J connectivity index is 1.68. The molecule has 0 unspecified atom stereocenters. The molecule has 102 valence electrons. The van der Waals surface area contributed by atoms with Crippen LogP contribution in [0.4, 0.5) is 5.69 Å². The number of nitrogens with zero attached hydrogens (tertiary/aromatic N) is 1. The predicted molar refractivity (Wildman–Crippen MR) is 86.0 cm³/mol. The zero-order valence-electron chi connectivity index (χ0n) is 11.8. The molecule has 0 saturated heterocycles. The lowest BCUT2D eigenvalue weighted by molar-refractivity contribution is 0.443. The summed E-state index contributed by atoms with van der Waals surface area (Å²) in [6.07, 6.45) is 8.86. The van der Waals surface area contributed by atoms with Gasteiger partial charge in [0.2, 0.25) is 0 Å². The van der Waals surface area contributed by atoms with Crippen LogP contribution in [-0.4, -0.2) is 6.21 Å². The number of aliphatic imine (C=N–C) groups is 1. The fourth-order valence-electron chi connectivity index (χ4n) is 2.95. The van der Waals surface area contributed by atoms with Crippen LogP contribution in [0.25, 0.3) is 0 Å². The van der Waals surface area contributed by atoms with Crippen LogP contribution in [0.5, 0.6) is 0 Å². The summed E-state index contributed by atoms with van der Waals surface area (Å²) >= 11 is 0. The summed E-state index contributed by atoms with van der Waals surface area (Å²) in [4.78, 5) is 4.49. The van der Waals surface area contributed by atoms with Gasteiger partial charge in [-0.05, 0) is 42.0 Å². The Bertz CT molecular complexity index is 548. The largest absolute Gasteiger partial charge is 0.256 e. The number of benzene rings is 2. The van der Waals surface area contributed by atoms with Crippen LogP contribution >= 0.6 is 0 Å². The quantitative estimate of drug-likeness (QED) is 0.650. The van der Waals surface area contributed by atoms with Crippen LogP contribution in [0.2, 0.25) is 0 Å². The Morgan fingerprint density at radius 3 is 2.20 bits per heavy atom. The van der Waals surface area contributed by atoms with E-state index in [0.717, 1.165) is 11.6 Å². The van der Waals surface area contributed by atoms with E-state index in [4.69, 9.17) is 0 Å². The second-order valence-corrected chi connectivity index (χ2v) is 5.60. The molecule has 3 rings (SSSR count). The molecular formula is C19H21N. The predicted octanol–water partition coefficient (Wildman–Crippen LogP) is 5.48. The Morgan fingerprint density at radius 1 is 0.800 bits per heavy atom. The van der Waals surface area contributed by atoms with E-state index in [1.165, 1.54) is 43.2 Å². The van der Waals surface area contributed by atoms with Crippen molar-refractivity contribution in [1.82, 2.24) is 0 Å². The van der Waals surface area contributed by atoms with E-state index in [2.05, 4.69) is 29.3 Å². The summed E-state index contributed by atoms with van der Waals surface area (Å²) in [5.41, 5.74) is 3.68. The highest BCUT2D eigenvalue weighted by Crippen LogP contribution is 2.32. The average Bonchev–Trinajstić information content (AvgIpc) is 2.55. The van der Waals surface area contributed by atoms with Gasteiger partial charge in [-0.2, -0.15) is 0 Å². The highest BCUT2D eigenvalue weighted by atomic mass is 14.7. The lowest BCUT2D eigenvalue weighted by Gasteiger charge is -2.21. The molecule has 20 heavy (non-hydrogen) atoms. The standard InChI is InChI=1S/C19H21N/c1-3-7-17(8-4-1)18-13-11-16(12-14-18)15-20-19-9-5-2-6-10-19/h2,5-6,9-15,17H,1,3-4,7-8H2. The van der Waals surface area contributed by atoms with Gasteiger partial charge >= 0.3 is 0 Å². The van der Waals surface area contributed by atoms with Crippen molar-refractivity contribution in [2.75, 3.05) is 0 Å². The molecule has 0 spiro atoms. The van der Waals surface area contributed by atoms with Gasteiger partial charge in [-0.15, -0.1) is 0 Å². The first kappa shape index (κ1) is 13.1. The molecule has 0 bridgehead atoms. The van der Waals surface area contributed by atoms with Crippen molar-refractivity contribution in [3.05, 3.63) is 65.7 Å². The van der Waals surface area contributed by atoms with Crippen LogP contribution in [0, 0.1) is 0 Å². The summed E-state index contributed by atoms with van der Waals surface area (Å²) < 4.78 is 0. The van der Waals surface area contributed by atoms with Crippen molar-refractivity contribution >= 4 is 11.9 Å². The van der Waals surface area contributed by atoms with Gasteiger partial charge in [0.15, 0.2) is 0 Å². The molecule has 0 atom stereocenters. The zero-order valence-corrected chi connectivity index (χ0v) is 11.8. The molecule has 1 fully saturated rings. The molecule has 0 amide bonds. The Morgan fingerprint density at radius 2 is 1.50 bits per heavy atom. The second-order valence-electron chi connectivity index (χ2n) is 5.60. The monoisotopic (exact) mass is 263 g/mol. The van der Waals surface area contributed by atoms with Gasteiger partial charge in [0.05, 0.1) is 5.69 Å². The summed E-state index contributed by atoms with van der Waals surface area (Å²) in [6, 6.07) is 19.0. The average molecular weight is 263 g/mol. The molecule has 1 nitrogen and oxygen atoms in total. The van der Waals surface area contributed by atoms with Crippen molar-refractivity contribution in [2.45, 2.75) is 38.0 Å². The van der Waals surface area contributed by atoms with E-state index in [-0.39, 0.29) is 0 Å². The first-order valence-electron chi connectivity index (χ1n) is 7.61. The fraction of sp³-hybridized carbons (Fsp3) is 0.316. The Kier molecular flexibility index (Phi) is 4.27. The number of para-hydroxylation sites is 1. The smallest absolute Gasteiger partial charge is 0.0629 e. The van der Waals surface area contributed by atoms with E-state index >= 15 is 0 Å². The summed E-state index contributed by atoms with van der Waals surface area (Å²) in [7, 11) is 0. The molecule has 0 aliphatic heterocycles. The summed E-state index contributed by atoms with van der Waals surface area (Å²) in [6.45, 7) is 0. The van der Waals surface area contributed by atoms with Crippen molar-refractivity contribution < 1.29 is 0 Å². The number of rotatable bonds is 3. The highest BCUT2D eigenvalue weighted by Gasteiger charge is 2.14. The maximum absolute atomic E-state index is 4.49. The number of hydrogen-bond acceptors (Lipinski definition) is 1. The van der Waals surface area contributed by atoms with Crippen molar-refractivity contribution in [3.8, 4) is 0 Å². The molecule has 2 aromatic carbocycles. The molecule has 2 aromatic rings. The van der Waals surface area contributed by atoms with Crippen LogP contribution < -0.4 is 0 Å². The lowest BCUT2D eigenvalue weighted by atomic mass is 9.84. The highest BCUT2D eigenvalue weighted by molar-refractivity contribution is 5.81. The minimum Gasteiger partial charge on any atom is -0.256 e. The molecule has 0 aromatic heterocycles. The van der Waals surface area contributed by atoms with E-state index in [1.807, 2.05) is 36.5 Å². The summed E-state index contributed by atoms with van der Waals surface area (Å²) in [5.74, 6) is 0.781. The van der Waals surface area contributed by atoms with Crippen LogP contribution in [-0.2, 0) is 0 Å². The van der Waals surface area contributed by atoms with E-state index in [9.17, 15) is 0 Å². The molecule has 1 saturated carbocycles. The minimum absolute atomic E-state index is 0.781.